The monoisotopic (exact) mass is 195 g/mol. The van der Waals surface area contributed by atoms with Crippen molar-refractivity contribution in [2.45, 2.75) is 13.8 Å². The van der Waals surface area contributed by atoms with Gasteiger partial charge in [-0.25, -0.2) is 0 Å². The number of fused-ring (bicyclic) bond motifs is 3. The highest BCUT2D eigenvalue weighted by atomic mass is 14.7. The Bertz CT molecular complexity index is 591. The number of hydrogen-bond donors (Lipinski definition) is 1. The average Bonchev–Trinajstić information content (AvgIpc) is 2.53. The van der Waals surface area contributed by atoms with Gasteiger partial charge in [0.25, 0.3) is 0 Å². The number of aromatic amines is 1. The van der Waals surface area contributed by atoms with Crippen molar-refractivity contribution in [3.8, 4) is 0 Å². The third-order valence-electron chi connectivity index (χ3n) is 2.91. The van der Waals surface area contributed by atoms with E-state index in [1.807, 2.05) is 0 Å². The number of hydrogen-bond acceptors (Lipinski definition) is 0. The Morgan fingerprint density at radius 1 is 0.733 bits per heavy atom. The van der Waals surface area contributed by atoms with E-state index in [2.05, 4.69) is 55.2 Å². The highest BCUT2D eigenvalue weighted by Gasteiger charge is 2.03. The minimum Gasteiger partial charge on any atom is -0.354 e. The van der Waals surface area contributed by atoms with Crippen LogP contribution in [0.3, 0.4) is 0 Å². The number of benzene rings is 2. The molecule has 0 saturated carbocycles. The van der Waals surface area contributed by atoms with E-state index < -0.39 is 0 Å². The van der Waals surface area contributed by atoms with Crippen LogP contribution in [-0.4, -0.2) is 4.98 Å². The molecule has 1 heteroatoms. The van der Waals surface area contributed by atoms with E-state index in [9.17, 15) is 0 Å². The lowest BCUT2D eigenvalue weighted by atomic mass is 10.1. The second kappa shape index (κ2) is 2.86. The summed E-state index contributed by atoms with van der Waals surface area (Å²) in [6.45, 7) is 4.24. The molecule has 0 atom stereocenters. The first-order valence-electron chi connectivity index (χ1n) is 5.23. The normalized spacial score (nSPS) is 11.3. The quantitative estimate of drug-likeness (QED) is 0.559. The van der Waals surface area contributed by atoms with E-state index >= 15 is 0 Å². The molecule has 0 unspecified atom stereocenters. The molecule has 0 aliphatic rings. The van der Waals surface area contributed by atoms with Gasteiger partial charge in [0.1, 0.15) is 0 Å². The van der Waals surface area contributed by atoms with Gasteiger partial charge >= 0.3 is 0 Å². The van der Waals surface area contributed by atoms with Gasteiger partial charge in [0.2, 0.25) is 0 Å². The van der Waals surface area contributed by atoms with Gasteiger partial charge in [0.15, 0.2) is 0 Å². The molecule has 0 bridgehead atoms. The van der Waals surface area contributed by atoms with Crippen molar-refractivity contribution < 1.29 is 0 Å². The molecule has 1 N–H and O–H groups in total. The van der Waals surface area contributed by atoms with Gasteiger partial charge in [-0.1, -0.05) is 24.3 Å². The third kappa shape index (κ3) is 1.23. The molecule has 0 radical (unpaired) electrons. The molecule has 1 heterocycles. The fourth-order valence-corrected chi connectivity index (χ4v) is 2.14. The summed E-state index contributed by atoms with van der Waals surface area (Å²) in [7, 11) is 0. The van der Waals surface area contributed by atoms with Gasteiger partial charge < -0.3 is 4.98 Å². The molecule has 3 rings (SSSR count). The fourth-order valence-electron chi connectivity index (χ4n) is 2.14. The van der Waals surface area contributed by atoms with E-state index in [0.717, 1.165) is 0 Å². The topological polar surface area (TPSA) is 15.8 Å². The van der Waals surface area contributed by atoms with Crippen LogP contribution in [0.4, 0.5) is 0 Å². The maximum atomic E-state index is 3.46. The highest BCUT2D eigenvalue weighted by molar-refractivity contribution is 6.07. The molecule has 0 saturated heterocycles. The zero-order valence-electron chi connectivity index (χ0n) is 8.96. The number of aryl methyl sites for hydroxylation is 2. The Labute approximate surface area is 88.7 Å². The molecular formula is C14H13N. The SMILES string of the molecule is Cc1ccc2c(c1)[nH]c1cc(C)ccc12. The van der Waals surface area contributed by atoms with Crippen LogP contribution in [-0.2, 0) is 0 Å². The molecule has 1 aromatic heterocycles. The number of H-pyrrole nitrogens is 1. The fraction of sp³-hybridized carbons (Fsp3) is 0.143. The Kier molecular flexibility index (Phi) is 1.63. The Morgan fingerprint density at radius 3 is 1.67 bits per heavy atom. The third-order valence-corrected chi connectivity index (χ3v) is 2.91. The molecule has 0 spiro atoms. The summed E-state index contributed by atoms with van der Waals surface area (Å²) in [6, 6.07) is 13.1. The van der Waals surface area contributed by atoms with Crippen LogP contribution in [0.5, 0.6) is 0 Å². The molecule has 15 heavy (non-hydrogen) atoms. The van der Waals surface area contributed by atoms with Gasteiger partial charge in [-0.15, -0.1) is 0 Å². The average molecular weight is 195 g/mol. The Balaban J connectivity index is 2.51. The molecule has 2 aromatic carbocycles. The zero-order valence-corrected chi connectivity index (χ0v) is 8.96. The molecule has 3 aromatic rings. The highest BCUT2D eigenvalue weighted by Crippen LogP contribution is 2.26. The van der Waals surface area contributed by atoms with Gasteiger partial charge in [-0.05, 0) is 37.1 Å². The molecule has 0 aliphatic heterocycles. The van der Waals surface area contributed by atoms with Crippen molar-refractivity contribution in [2.75, 3.05) is 0 Å². The largest absolute Gasteiger partial charge is 0.354 e. The first kappa shape index (κ1) is 8.54. The van der Waals surface area contributed by atoms with Crippen molar-refractivity contribution in [3.05, 3.63) is 47.5 Å². The molecule has 0 amide bonds. The minimum absolute atomic E-state index is 1.23. The lowest BCUT2D eigenvalue weighted by molar-refractivity contribution is 1.45. The predicted molar refractivity (Wildman–Crippen MR) is 65.3 cm³/mol. The van der Waals surface area contributed by atoms with Crippen molar-refractivity contribution >= 4 is 21.8 Å². The smallest absolute Gasteiger partial charge is 0.0467 e. The van der Waals surface area contributed by atoms with Crippen molar-refractivity contribution in [1.29, 1.82) is 0 Å². The van der Waals surface area contributed by atoms with Crippen LogP contribution < -0.4 is 0 Å². The van der Waals surface area contributed by atoms with Crippen LogP contribution in [0.15, 0.2) is 36.4 Å². The lowest BCUT2D eigenvalue weighted by Crippen LogP contribution is -1.71. The van der Waals surface area contributed by atoms with Gasteiger partial charge in [-0.2, -0.15) is 0 Å². The molecule has 0 fully saturated rings. The second-order valence-corrected chi connectivity index (χ2v) is 4.22. The number of rotatable bonds is 0. The first-order chi connectivity index (χ1) is 7.24. The zero-order chi connectivity index (χ0) is 10.4. The summed E-state index contributed by atoms with van der Waals surface area (Å²) in [6.07, 6.45) is 0. The van der Waals surface area contributed by atoms with E-state index in [-0.39, 0.29) is 0 Å². The van der Waals surface area contributed by atoms with Crippen molar-refractivity contribution in [3.63, 3.8) is 0 Å². The van der Waals surface area contributed by atoms with Crippen LogP contribution in [0, 0.1) is 13.8 Å². The second-order valence-electron chi connectivity index (χ2n) is 4.22. The van der Waals surface area contributed by atoms with E-state index in [1.54, 1.807) is 0 Å². The summed E-state index contributed by atoms with van der Waals surface area (Å²) in [5.41, 5.74) is 5.06. The van der Waals surface area contributed by atoms with Gasteiger partial charge in [0.05, 0.1) is 0 Å². The maximum absolute atomic E-state index is 3.46. The van der Waals surface area contributed by atoms with Crippen LogP contribution in [0.1, 0.15) is 11.1 Å². The summed E-state index contributed by atoms with van der Waals surface area (Å²) in [4.78, 5) is 3.46. The van der Waals surface area contributed by atoms with Crippen molar-refractivity contribution in [2.24, 2.45) is 0 Å². The predicted octanol–water partition coefficient (Wildman–Crippen LogP) is 3.94. The van der Waals surface area contributed by atoms with Crippen LogP contribution in [0.25, 0.3) is 21.8 Å². The molecule has 74 valence electrons. The summed E-state index contributed by atoms with van der Waals surface area (Å²) >= 11 is 0. The molecule has 0 aliphatic carbocycles. The van der Waals surface area contributed by atoms with Crippen LogP contribution >= 0.6 is 0 Å². The first-order valence-corrected chi connectivity index (χ1v) is 5.23. The number of aromatic nitrogens is 1. The Morgan fingerprint density at radius 2 is 1.20 bits per heavy atom. The van der Waals surface area contributed by atoms with Crippen molar-refractivity contribution in [1.82, 2.24) is 4.98 Å². The van der Waals surface area contributed by atoms with E-state index in [0.29, 0.717) is 0 Å². The summed E-state index contributed by atoms with van der Waals surface area (Å²) in [5.74, 6) is 0. The lowest BCUT2D eigenvalue weighted by Gasteiger charge is -1.93. The molecule has 1 nitrogen and oxygen atoms in total. The minimum atomic E-state index is 1.23. The van der Waals surface area contributed by atoms with Gasteiger partial charge in [-0.3, -0.25) is 0 Å². The van der Waals surface area contributed by atoms with Crippen LogP contribution in [0.2, 0.25) is 0 Å². The standard InChI is InChI=1S/C14H13N/c1-9-3-5-11-12-6-4-10(2)8-14(12)15-13(11)7-9/h3-8,15H,1-2H3. The van der Waals surface area contributed by atoms with E-state index in [1.165, 1.54) is 32.9 Å². The van der Waals surface area contributed by atoms with Gasteiger partial charge in [0, 0.05) is 21.8 Å². The number of nitrogens with one attached hydrogen (secondary N) is 1. The summed E-state index contributed by atoms with van der Waals surface area (Å²) in [5, 5.41) is 2.63. The maximum Gasteiger partial charge on any atom is 0.0467 e. The van der Waals surface area contributed by atoms with E-state index in [4.69, 9.17) is 0 Å². The summed E-state index contributed by atoms with van der Waals surface area (Å²) < 4.78 is 0. The molecular weight excluding hydrogens is 182 g/mol. The Hall–Kier alpha value is -1.76.